The van der Waals surface area contributed by atoms with Gasteiger partial charge in [-0.15, -0.1) is 0 Å². The van der Waals surface area contributed by atoms with Gasteiger partial charge in [0.15, 0.2) is 5.11 Å². The Morgan fingerprint density at radius 3 is 2.59 bits per heavy atom. The van der Waals surface area contributed by atoms with Crippen LogP contribution in [0.4, 0.5) is 0 Å². The quantitative estimate of drug-likeness (QED) is 0.540. The Bertz CT molecular complexity index is 1020. The first kappa shape index (κ1) is 19.1. The first-order chi connectivity index (χ1) is 14.1. The van der Waals surface area contributed by atoms with Crippen molar-refractivity contribution in [3.8, 4) is 5.69 Å². The van der Waals surface area contributed by atoms with Crippen LogP contribution in [0.25, 0.3) is 5.69 Å². The molecule has 1 aliphatic rings. The molecule has 1 fully saturated rings. The number of aliphatic hydroxyl groups excluding tert-OH is 1. The molecule has 3 N–H and O–H groups in total. The number of rotatable bonds is 6. The maximum atomic E-state index is 11.2. The van der Waals surface area contributed by atoms with E-state index >= 15 is 0 Å². The minimum atomic E-state index is -0.959. The van der Waals surface area contributed by atoms with Crippen LogP contribution in [0.5, 0.6) is 0 Å². The summed E-state index contributed by atoms with van der Waals surface area (Å²) in [5, 5.41) is 22.6. The summed E-state index contributed by atoms with van der Waals surface area (Å²) in [7, 11) is 0. The van der Waals surface area contributed by atoms with Gasteiger partial charge in [-0.1, -0.05) is 6.07 Å². The van der Waals surface area contributed by atoms with E-state index in [4.69, 9.17) is 17.3 Å². The molecule has 1 aliphatic heterocycles. The molecule has 148 valence electrons. The van der Waals surface area contributed by atoms with E-state index in [2.05, 4.69) is 10.3 Å². The number of aromatic nitrogens is 2. The van der Waals surface area contributed by atoms with Crippen LogP contribution in [0.1, 0.15) is 33.8 Å². The van der Waals surface area contributed by atoms with Crippen LogP contribution in [-0.4, -0.2) is 48.9 Å². The fraction of sp³-hybridized carbons (Fsp3) is 0.190. The smallest absolute Gasteiger partial charge is 0.335 e. The van der Waals surface area contributed by atoms with Gasteiger partial charge in [0, 0.05) is 30.3 Å². The van der Waals surface area contributed by atoms with Crippen LogP contribution in [-0.2, 0) is 0 Å². The molecule has 29 heavy (non-hydrogen) atoms. The molecule has 8 heteroatoms. The SMILES string of the molecule is O=C(O)c1ccc(-n2cccc2C2C(c3ccccn3)NC(=S)N2CCO)cc1. The number of carboxylic acid groups (broad SMARTS) is 1. The third-order valence-corrected chi connectivity index (χ3v) is 5.37. The number of nitrogens with one attached hydrogen (secondary N) is 1. The Labute approximate surface area is 173 Å². The second kappa shape index (κ2) is 8.02. The van der Waals surface area contributed by atoms with Crippen LogP contribution >= 0.6 is 12.2 Å². The number of aromatic carboxylic acids is 1. The number of nitrogens with zero attached hydrogens (tertiary/aromatic N) is 3. The number of hydrogen-bond donors (Lipinski definition) is 3. The standard InChI is InChI=1S/C21H20N4O3S/c26-13-12-25-19(18(23-21(25)29)16-4-1-2-10-22-16)17-5-3-11-24(17)15-8-6-14(7-9-15)20(27)28/h1-11,18-19,26H,12-13H2,(H,23,29)(H,27,28). The van der Waals surface area contributed by atoms with E-state index < -0.39 is 5.97 Å². The molecule has 0 radical (unpaired) electrons. The molecule has 0 spiro atoms. The fourth-order valence-corrected chi connectivity index (χ4v) is 4.04. The Hall–Kier alpha value is -3.23. The lowest BCUT2D eigenvalue weighted by atomic mass is 10.0. The van der Waals surface area contributed by atoms with E-state index in [0.29, 0.717) is 11.7 Å². The highest BCUT2D eigenvalue weighted by atomic mass is 32.1. The molecule has 7 nitrogen and oxygen atoms in total. The van der Waals surface area contributed by atoms with Crippen molar-refractivity contribution in [3.05, 3.63) is 83.9 Å². The zero-order valence-corrected chi connectivity index (χ0v) is 16.3. The number of carboxylic acids is 1. The number of hydrogen-bond acceptors (Lipinski definition) is 4. The van der Waals surface area contributed by atoms with Crippen molar-refractivity contribution < 1.29 is 15.0 Å². The van der Waals surface area contributed by atoms with Crippen molar-refractivity contribution >= 4 is 23.3 Å². The molecule has 2 aromatic heterocycles. The molecule has 3 heterocycles. The third-order valence-electron chi connectivity index (χ3n) is 5.01. The fourth-order valence-electron chi connectivity index (χ4n) is 3.71. The van der Waals surface area contributed by atoms with Gasteiger partial charge in [0.1, 0.15) is 0 Å². The van der Waals surface area contributed by atoms with Gasteiger partial charge in [0.05, 0.1) is 29.9 Å². The highest BCUT2D eigenvalue weighted by Crippen LogP contribution is 2.39. The van der Waals surface area contributed by atoms with E-state index in [1.807, 2.05) is 46.0 Å². The monoisotopic (exact) mass is 408 g/mol. The summed E-state index contributed by atoms with van der Waals surface area (Å²) in [5.74, 6) is -0.959. The lowest BCUT2D eigenvalue weighted by Gasteiger charge is -2.28. The van der Waals surface area contributed by atoms with Crippen LogP contribution in [0.3, 0.4) is 0 Å². The molecule has 2 atom stereocenters. The normalized spacial score (nSPS) is 18.7. The van der Waals surface area contributed by atoms with Crippen molar-refractivity contribution in [3.63, 3.8) is 0 Å². The Morgan fingerprint density at radius 2 is 1.93 bits per heavy atom. The maximum Gasteiger partial charge on any atom is 0.335 e. The summed E-state index contributed by atoms with van der Waals surface area (Å²) in [4.78, 5) is 17.6. The highest BCUT2D eigenvalue weighted by Gasteiger charge is 2.40. The summed E-state index contributed by atoms with van der Waals surface area (Å²) in [5.41, 5.74) is 2.90. The van der Waals surface area contributed by atoms with Gasteiger partial charge in [0.25, 0.3) is 0 Å². The minimum Gasteiger partial charge on any atom is -0.478 e. The van der Waals surface area contributed by atoms with Gasteiger partial charge in [-0.2, -0.15) is 0 Å². The highest BCUT2D eigenvalue weighted by molar-refractivity contribution is 7.80. The van der Waals surface area contributed by atoms with Crippen LogP contribution in [0.2, 0.25) is 0 Å². The molecular formula is C21H20N4O3S. The minimum absolute atomic E-state index is 0.0265. The molecule has 1 saturated heterocycles. The van der Waals surface area contributed by atoms with E-state index in [1.165, 1.54) is 0 Å². The molecule has 2 unspecified atom stereocenters. The lowest BCUT2D eigenvalue weighted by Crippen LogP contribution is -2.32. The second-order valence-electron chi connectivity index (χ2n) is 6.70. The van der Waals surface area contributed by atoms with Gasteiger partial charge < -0.3 is 25.0 Å². The van der Waals surface area contributed by atoms with Crippen molar-refractivity contribution in [1.29, 1.82) is 0 Å². The molecule has 1 aromatic carbocycles. The molecule has 4 rings (SSSR count). The summed E-state index contributed by atoms with van der Waals surface area (Å²) in [6.45, 7) is 0.365. The lowest BCUT2D eigenvalue weighted by molar-refractivity contribution is 0.0697. The van der Waals surface area contributed by atoms with Crippen molar-refractivity contribution in [2.24, 2.45) is 0 Å². The largest absolute Gasteiger partial charge is 0.478 e. The van der Waals surface area contributed by atoms with E-state index in [1.54, 1.807) is 30.5 Å². The number of aliphatic hydroxyl groups is 1. The molecule has 3 aromatic rings. The van der Waals surface area contributed by atoms with Gasteiger partial charge in [-0.25, -0.2) is 4.79 Å². The Balaban J connectivity index is 1.77. The van der Waals surface area contributed by atoms with Gasteiger partial charge >= 0.3 is 5.97 Å². The predicted molar refractivity (Wildman–Crippen MR) is 112 cm³/mol. The summed E-state index contributed by atoms with van der Waals surface area (Å²) >= 11 is 5.54. The average Bonchev–Trinajstić information content (AvgIpc) is 3.34. The number of thiocarbonyl (C=S) groups is 1. The summed E-state index contributed by atoms with van der Waals surface area (Å²) in [6, 6.07) is 16.1. The van der Waals surface area contributed by atoms with Crippen LogP contribution < -0.4 is 5.32 Å². The van der Waals surface area contributed by atoms with Gasteiger partial charge in [-0.05, 0) is 60.7 Å². The van der Waals surface area contributed by atoms with E-state index in [-0.39, 0.29) is 24.3 Å². The molecule has 0 bridgehead atoms. The van der Waals surface area contributed by atoms with Crippen LogP contribution in [0, 0.1) is 0 Å². The number of β-amino-alcohol motifs (C(OH)–C–C–N with tert-alkyl or cyclic N) is 1. The van der Waals surface area contributed by atoms with Crippen molar-refractivity contribution in [1.82, 2.24) is 19.8 Å². The second-order valence-corrected chi connectivity index (χ2v) is 7.09. The van der Waals surface area contributed by atoms with E-state index in [0.717, 1.165) is 17.1 Å². The van der Waals surface area contributed by atoms with Crippen LogP contribution in [0.15, 0.2) is 67.0 Å². The molecular weight excluding hydrogens is 388 g/mol. The van der Waals surface area contributed by atoms with E-state index in [9.17, 15) is 9.90 Å². The average molecular weight is 408 g/mol. The topological polar surface area (TPSA) is 90.6 Å². The Morgan fingerprint density at radius 1 is 1.14 bits per heavy atom. The first-order valence-electron chi connectivity index (χ1n) is 9.20. The number of pyridine rings is 1. The zero-order chi connectivity index (χ0) is 20.4. The van der Waals surface area contributed by atoms with Gasteiger partial charge in [0.2, 0.25) is 0 Å². The third kappa shape index (κ3) is 3.59. The Kier molecular flexibility index (Phi) is 5.28. The van der Waals surface area contributed by atoms with Crippen molar-refractivity contribution in [2.75, 3.05) is 13.2 Å². The molecule has 0 amide bonds. The zero-order valence-electron chi connectivity index (χ0n) is 15.5. The molecule has 0 saturated carbocycles. The number of benzene rings is 1. The maximum absolute atomic E-state index is 11.2. The first-order valence-corrected chi connectivity index (χ1v) is 9.61. The predicted octanol–water partition coefficient (Wildman–Crippen LogP) is 2.54. The molecule has 0 aliphatic carbocycles. The van der Waals surface area contributed by atoms with Crippen molar-refractivity contribution in [2.45, 2.75) is 12.1 Å². The number of carbonyl (C=O) groups is 1. The summed E-state index contributed by atoms with van der Waals surface area (Å²) < 4.78 is 2.01. The van der Waals surface area contributed by atoms with Gasteiger partial charge in [-0.3, -0.25) is 4.98 Å². The summed E-state index contributed by atoms with van der Waals surface area (Å²) in [6.07, 6.45) is 3.68.